The van der Waals surface area contributed by atoms with Crippen molar-refractivity contribution in [2.75, 3.05) is 25.1 Å². The van der Waals surface area contributed by atoms with Crippen LogP contribution in [0.1, 0.15) is 11.1 Å². The lowest BCUT2D eigenvalue weighted by atomic mass is 10.0. The van der Waals surface area contributed by atoms with E-state index in [0.717, 1.165) is 38.3 Å². The molecular weight excluding hydrogens is 268 g/mol. The molecule has 4 N–H and O–H groups in total. The molecule has 2 rings (SSSR count). The van der Waals surface area contributed by atoms with Crippen molar-refractivity contribution in [3.05, 3.63) is 40.0 Å². The Morgan fingerprint density at radius 3 is 2.70 bits per heavy atom. The molecule has 2 aromatic rings. The average molecular weight is 286 g/mol. The van der Waals surface area contributed by atoms with E-state index in [9.17, 15) is 0 Å². The minimum Gasteiger partial charge on any atom is -0.398 e. The predicted molar refractivity (Wildman–Crippen MR) is 89.3 cm³/mol. The molecule has 0 aliphatic carbocycles. The van der Waals surface area contributed by atoms with Gasteiger partial charge < -0.3 is 16.0 Å². The summed E-state index contributed by atoms with van der Waals surface area (Å²) in [5.74, 6) is 0. The third kappa shape index (κ3) is 2.72. The van der Waals surface area contributed by atoms with Gasteiger partial charge in [0, 0.05) is 43.5 Å². The lowest BCUT2D eigenvalue weighted by molar-refractivity contribution is 1.29. The summed E-state index contributed by atoms with van der Waals surface area (Å²) in [5.41, 5.74) is 11.7. The normalized spacial score (nSPS) is 10.9. The van der Waals surface area contributed by atoms with Crippen LogP contribution in [0.5, 0.6) is 0 Å². The number of nitrogens with zero attached hydrogens (tertiary/aromatic N) is 1. The maximum absolute atomic E-state index is 6.06. The molecule has 0 aliphatic rings. The highest BCUT2D eigenvalue weighted by molar-refractivity contribution is 7.71. The number of aromatic amines is 1. The van der Waals surface area contributed by atoms with Gasteiger partial charge in [-0.15, -0.1) is 0 Å². The van der Waals surface area contributed by atoms with Crippen LogP contribution in [0.25, 0.3) is 11.3 Å². The summed E-state index contributed by atoms with van der Waals surface area (Å²) in [6, 6.07) is 6.00. The summed E-state index contributed by atoms with van der Waals surface area (Å²) in [6.07, 6.45) is 3.64. The molecule has 4 nitrogen and oxygen atoms in total. The fourth-order valence-corrected chi connectivity index (χ4v) is 2.34. The predicted octanol–water partition coefficient (Wildman–Crippen LogP) is 3.39. The summed E-state index contributed by atoms with van der Waals surface area (Å²) < 4.78 is 0.779. The van der Waals surface area contributed by atoms with E-state index in [0.29, 0.717) is 0 Å². The standard InChI is InChI=1S/C15H18N4S/c1-9-4-10(5-11(7-17-2)15(9)16)12-6-14(20)13(18-3)8-19-12/h4-8,18H,16H2,1-3H3,(H,19,20). The van der Waals surface area contributed by atoms with Gasteiger partial charge in [0.1, 0.15) is 0 Å². The number of rotatable bonds is 3. The molecule has 0 amide bonds. The van der Waals surface area contributed by atoms with Gasteiger partial charge in [-0.3, -0.25) is 4.99 Å². The molecule has 0 radical (unpaired) electrons. The summed E-state index contributed by atoms with van der Waals surface area (Å²) in [4.78, 5) is 7.29. The fraction of sp³-hybridized carbons (Fsp3) is 0.200. The summed E-state index contributed by atoms with van der Waals surface area (Å²) >= 11 is 5.35. The fourth-order valence-electron chi connectivity index (χ4n) is 2.06. The number of nitrogen functional groups attached to an aromatic ring is 1. The number of hydrogen-bond donors (Lipinski definition) is 3. The van der Waals surface area contributed by atoms with E-state index in [1.54, 1.807) is 13.3 Å². The molecule has 0 bridgehead atoms. The Labute approximate surface area is 123 Å². The zero-order valence-electron chi connectivity index (χ0n) is 11.8. The molecule has 0 aliphatic heterocycles. The Hall–Kier alpha value is -2.14. The zero-order valence-corrected chi connectivity index (χ0v) is 12.6. The number of nitrogens with one attached hydrogen (secondary N) is 2. The average Bonchev–Trinajstić information content (AvgIpc) is 2.43. The van der Waals surface area contributed by atoms with Crippen LogP contribution in [0.3, 0.4) is 0 Å². The highest BCUT2D eigenvalue weighted by atomic mass is 32.1. The topological polar surface area (TPSA) is 66.2 Å². The SMILES string of the molecule is CN=Cc1cc(-c2cc(=S)c(NC)c[nH]2)cc(C)c1N. The number of anilines is 2. The van der Waals surface area contributed by atoms with Crippen LogP contribution in [0.2, 0.25) is 0 Å². The first-order valence-electron chi connectivity index (χ1n) is 6.30. The highest BCUT2D eigenvalue weighted by Crippen LogP contribution is 2.26. The van der Waals surface area contributed by atoms with Crippen molar-refractivity contribution in [3.63, 3.8) is 0 Å². The van der Waals surface area contributed by atoms with Gasteiger partial charge in [-0.25, -0.2) is 0 Å². The van der Waals surface area contributed by atoms with Crippen LogP contribution in [0.15, 0.2) is 29.4 Å². The number of aliphatic imine (C=N–C) groups is 1. The van der Waals surface area contributed by atoms with Crippen molar-refractivity contribution < 1.29 is 0 Å². The number of benzene rings is 1. The van der Waals surface area contributed by atoms with Gasteiger partial charge in [-0.05, 0) is 36.2 Å². The van der Waals surface area contributed by atoms with Gasteiger partial charge in [-0.1, -0.05) is 12.2 Å². The molecular formula is C15H18N4S. The third-order valence-corrected chi connectivity index (χ3v) is 3.52. The van der Waals surface area contributed by atoms with E-state index in [-0.39, 0.29) is 0 Å². The largest absolute Gasteiger partial charge is 0.398 e. The Kier molecular flexibility index (Phi) is 4.20. The third-order valence-electron chi connectivity index (χ3n) is 3.18. The van der Waals surface area contributed by atoms with Gasteiger partial charge >= 0.3 is 0 Å². The van der Waals surface area contributed by atoms with Gasteiger partial charge in [0.25, 0.3) is 0 Å². The highest BCUT2D eigenvalue weighted by Gasteiger charge is 2.06. The lowest BCUT2D eigenvalue weighted by Crippen LogP contribution is -1.98. The van der Waals surface area contributed by atoms with Gasteiger partial charge in [0.2, 0.25) is 0 Å². The Balaban J connectivity index is 2.58. The van der Waals surface area contributed by atoms with E-state index < -0.39 is 0 Å². The number of aromatic nitrogens is 1. The van der Waals surface area contributed by atoms with E-state index >= 15 is 0 Å². The minimum absolute atomic E-state index is 0.754. The molecule has 5 heteroatoms. The van der Waals surface area contributed by atoms with Crippen LogP contribution in [-0.4, -0.2) is 25.3 Å². The molecule has 0 spiro atoms. The van der Waals surface area contributed by atoms with Crippen molar-refractivity contribution in [3.8, 4) is 11.3 Å². The Morgan fingerprint density at radius 1 is 1.35 bits per heavy atom. The van der Waals surface area contributed by atoms with Crippen molar-refractivity contribution in [1.29, 1.82) is 0 Å². The van der Waals surface area contributed by atoms with Gasteiger partial charge in [0.15, 0.2) is 0 Å². The summed E-state index contributed by atoms with van der Waals surface area (Å²) in [7, 11) is 3.58. The smallest absolute Gasteiger partial charge is 0.0685 e. The first kappa shape index (κ1) is 14.3. The van der Waals surface area contributed by atoms with E-state index in [2.05, 4.69) is 15.3 Å². The molecule has 1 aromatic carbocycles. The Bertz CT molecular complexity index is 716. The Morgan fingerprint density at radius 2 is 2.10 bits per heavy atom. The molecule has 0 fully saturated rings. The van der Waals surface area contributed by atoms with E-state index in [1.807, 2.05) is 38.4 Å². The van der Waals surface area contributed by atoms with Crippen LogP contribution in [-0.2, 0) is 0 Å². The molecule has 0 unspecified atom stereocenters. The quantitative estimate of drug-likeness (QED) is 0.460. The molecule has 0 saturated heterocycles. The second-order valence-corrected chi connectivity index (χ2v) is 5.00. The van der Waals surface area contributed by atoms with Crippen LogP contribution >= 0.6 is 12.2 Å². The molecule has 104 valence electrons. The van der Waals surface area contributed by atoms with Crippen molar-refractivity contribution in [1.82, 2.24) is 4.98 Å². The van der Waals surface area contributed by atoms with Crippen LogP contribution in [0.4, 0.5) is 11.4 Å². The lowest BCUT2D eigenvalue weighted by Gasteiger charge is -2.10. The van der Waals surface area contributed by atoms with Crippen LogP contribution < -0.4 is 11.1 Å². The second kappa shape index (κ2) is 5.88. The maximum Gasteiger partial charge on any atom is 0.0685 e. The number of H-pyrrole nitrogens is 1. The van der Waals surface area contributed by atoms with Gasteiger partial charge in [-0.2, -0.15) is 0 Å². The van der Waals surface area contributed by atoms with Crippen molar-refractivity contribution >= 4 is 29.8 Å². The van der Waals surface area contributed by atoms with Crippen molar-refractivity contribution in [2.45, 2.75) is 6.92 Å². The summed E-state index contributed by atoms with van der Waals surface area (Å²) in [6.45, 7) is 1.99. The van der Waals surface area contributed by atoms with Crippen LogP contribution in [0, 0.1) is 11.4 Å². The molecule has 20 heavy (non-hydrogen) atoms. The van der Waals surface area contributed by atoms with Gasteiger partial charge in [0.05, 0.1) is 10.2 Å². The molecule has 0 saturated carbocycles. The molecule has 1 aromatic heterocycles. The monoisotopic (exact) mass is 286 g/mol. The molecule has 1 heterocycles. The van der Waals surface area contributed by atoms with E-state index in [1.165, 1.54) is 0 Å². The second-order valence-electron chi connectivity index (χ2n) is 4.56. The van der Waals surface area contributed by atoms with Crippen molar-refractivity contribution in [2.24, 2.45) is 4.99 Å². The minimum atomic E-state index is 0.754. The summed E-state index contributed by atoms with van der Waals surface area (Å²) in [5, 5.41) is 3.05. The number of aryl methyl sites for hydroxylation is 1. The molecule has 0 atom stereocenters. The number of nitrogens with two attached hydrogens (primary N) is 1. The number of pyridine rings is 1. The first-order chi connectivity index (χ1) is 9.56. The number of hydrogen-bond acceptors (Lipinski definition) is 4. The van der Waals surface area contributed by atoms with E-state index in [4.69, 9.17) is 18.0 Å². The zero-order chi connectivity index (χ0) is 14.7. The first-order valence-corrected chi connectivity index (χ1v) is 6.70. The maximum atomic E-state index is 6.06.